The van der Waals surface area contributed by atoms with Gasteiger partial charge in [-0.1, -0.05) is 211 Å². The number of nitrogens with zero attached hydrogens (tertiary/aromatic N) is 10. The number of methoxy groups -OCH3 is 3. The second-order valence-electron chi connectivity index (χ2n) is 32.2. The molecule has 0 atom stereocenters. The molecule has 0 fully saturated rings. The Morgan fingerprint density at radius 3 is 1.09 bits per heavy atom. The number of nitrogens with one attached hydrogen (secondary N) is 2. The summed E-state index contributed by atoms with van der Waals surface area (Å²) >= 11 is 43.1. The van der Waals surface area contributed by atoms with Crippen LogP contribution in [0.2, 0.25) is 25.1 Å². The Hall–Kier alpha value is -13.4. The predicted octanol–water partition coefficient (Wildman–Crippen LogP) is 36.1. The van der Waals surface area contributed by atoms with E-state index in [9.17, 15) is 19.5 Å². The summed E-state index contributed by atoms with van der Waals surface area (Å²) in [5.41, 5.74) is 19.3. The molecule has 19 nitrogen and oxygen atoms in total. The third kappa shape index (κ3) is 30.7. The molecule has 11 aromatic carbocycles. The number of halogens is 5. The van der Waals surface area contributed by atoms with Crippen molar-refractivity contribution < 1.29 is 52.3 Å². The molecule has 17 aromatic rings. The molecule has 1 radical (unpaired) electrons. The van der Waals surface area contributed by atoms with E-state index in [1.54, 1.807) is 171 Å². The monoisotopic (exact) mass is 2230 g/mol. The van der Waals surface area contributed by atoms with Crippen molar-refractivity contribution in [2.45, 2.75) is 80.4 Å². The van der Waals surface area contributed by atoms with E-state index in [0.29, 0.717) is 115 Å². The zero-order chi connectivity index (χ0) is 105. The smallest absolute Gasteiger partial charge is 0.227 e. The number of para-hydroxylation sites is 2. The number of rotatable bonds is 32. The number of thiophene rings is 4. The van der Waals surface area contributed by atoms with Gasteiger partial charge in [0.2, 0.25) is 34.6 Å². The summed E-state index contributed by atoms with van der Waals surface area (Å²) in [7, 11) is 8.70. The molecule has 6 heterocycles. The predicted molar refractivity (Wildman–Crippen MR) is 613 cm³/mol. The van der Waals surface area contributed by atoms with E-state index < -0.39 is 0 Å². The summed E-state index contributed by atoms with van der Waals surface area (Å²) in [6.07, 6.45) is 5.71. The quantitative estimate of drug-likeness (QED) is 0.0154. The molecule has 741 valence electrons. The number of nitriles is 1. The van der Waals surface area contributed by atoms with Gasteiger partial charge in [-0.05, 0) is 210 Å². The number of carbonyl (C=O) groups excluding carboxylic acids is 3. The number of aromatic nitrogens is 4. The SMILES string of the molecule is N#CCC(=O)c1cccc(Cl)c1.[C-]#[N+]c1c(SCc2ccc(O)cc2)sc(-c2nc(Nc3ccccc3)ncc2C)c1-c1cccc(Cl)c1.[C-]#[N+]c1c(SCc2ccc(OC)cc2)sc(-c2nc(Nc3ccccc3)ncc2C)c1-c1cccc(Cl)c1.[C-]#[N+]c1c(SCc2ccc(OC)cc2)sc(C(=O)/C(C)=C/N(C)C)c1-c1cccc(Cl)c1.[C-]#[N+]c1c(SCc2ccc(OC)cc2)sc(C(=O)CC)c1-c1cccc(Cl)c1.[V]. The van der Waals surface area contributed by atoms with Gasteiger partial charge in [-0.15, -0.1) is 92.4 Å². The minimum Gasteiger partial charge on any atom is -0.508 e. The van der Waals surface area contributed by atoms with Gasteiger partial charge in [-0.2, -0.15) is 5.26 Å². The average molecular weight is 2240 g/mol. The van der Waals surface area contributed by atoms with Gasteiger partial charge in [0.15, 0.2) is 17.3 Å². The third-order valence-corrected chi connectivity index (χ3v) is 32.9. The van der Waals surface area contributed by atoms with Crippen LogP contribution < -0.4 is 24.8 Å². The number of phenols is 1. The molecule has 33 heteroatoms. The number of phenolic OH excluding ortho intramolecular Hbond substituents is 1. The van der Waals surface area contributed by atoms with E-state index in [-0.39, 0.29) is 48.1 Å². The second-order valence-corrected chi connectivity index (χ2v) is 43.4. The Bertz CT molecular complexity index is 7820. The van der Waals surface area contributed by atoms with Crippen LogP contribution in [0, 0.1) is 51.5 Å². The largest absolute Gasteiger partial charge is 0.508 e. The van der Waals surface area contributed by atoms with Crippen LogP contribution in [0.5, 0.6) is 23.0 Å². The Morgan fingerprint density at radius 2 is 0.764 bits per heavy atom. The fourth-order valence-electron chi connectivity index (χ4n) is 14.5. The van der Waals surface area contributed by atoms with Gasteiger partial charge in [-0.25, -0.2) is 39.3 Å². The zero-order valence-corrected chi connectivity index (χ0v) is 92.7. The number of aryl methyl sites for hydroxylation is 2. The Balaban J connectivity index is 0.000000169. The molecular formula is C115H91Cl5N12O7S8V. The van der Waals surface area contributed by atoms with Crippen LogP contribution in [0.15, 0.2) is 320 Å². The molecule has 0 aliphatic rings. The topological polar surface area (TPSA) is 219 Å². The molecular weight excluding hydrogens is 2150 g/mol. The molecule has 0 amide bonds. The van der Waals surface area contributed by atoms with Crippen LogP contribution in [0.3, 0.4) is 0 Å². The van der Waals surface area contributed by atoms with Crippen LogP contribution in [0.4, 0.5) is 46.0 Å². The molecule has 0 aliphatic heterocycles. The van der Waals surface area contributed by atoms with E-state index in [1.807, 2.05) is 270 Å². The molecule has 0 spiro atoms. The van der Waals surface area contributed by atoms with E-state index in [4.69, 9.17) is 114 Å². The molecule has 6 aromatic heterocycles. The van der Waals surface area contributed by atoms with Crippen LogP contribution >= 0.6 is 150 Å². The minimum atomic E-state index is -0.194. The summed E-state index contributed by atoms with van der Waals surface area (Å²) in [4.78, 5) is 76.2. The molecule has 0 aliphatic carbocycles. The third-order valence-electron chi connectivity index (χ3n) is 21.6. The number of carbonyl (C=O) groups is 3. The Kier molecular flexibility index (Phi) is 43.0. The maximum Gasteiger partial charge on any atom is 0.227 e. The average Bonchev–Trinajstić information content (AvgIpc) is 1.71. The summed E-state index contributed by atoms with van der Waals surface area (Å²) < 4.78 is 19.2. The number of ketones is 3. The fourth-order valence-corrected chi connectivity index (χ4v) is 25.3. The Labute approximate surface area is 931 Å². The second kappa shape index (κ2) is 56.1. The van der Waals surface area contributed by atoms with Crippen LogP contribution in [-0.2, 0) is 41.6 Å². The number of ether oxygens (including phenoxy) is 3. The van der Waals surface area contributed by atoms with Crippen LogP contribution in [0.25, 0.3) is 85.0 Å². The van der Waals surface area contributed by atoms with E-state index in [2.05, 4.69) is 40.0 Å². The molecule has 0 saturated carbocycles. The van der Waals surface area contributed by atoms with Crippen molar-refractivity contribution in [2.24, 2.45) is 0 Å². The van der Waals surface area contributed by atoms with Crippen molar-refractivity contribution in [3.63, 3.8) is 0 Å². The molecule has 3 N–H and O–H groups in total. The van der Waals surface area contributed by atoms with Crippen LogP contribution in [-0.4, -0.2) is 82.7 Å². The first-order chi connectivity index (χ1) is 71.2. The van der Waals surface area contributed by atoms with Gasteiger partial charge >= 0.3 is 0 Å². The van der Waals surface area contributed by atoms with Crippen molar-refractivity contribution in [3.8, 4) is 94.7 Å². The maximum absolute atomic E-state index is 13.3. The van der Waals surface area contributed by atoms with Crippen molar-refractivity contribution in [2.75, 3.05) is 46.1 Å². The molecule has 0 bridgehead atoms. The number of anilines is 4. The Morgan fingerprint density at radius 1 is 0.439 bits per heavy atom. The van der Waals surface area contributed by atoms with Crippen molar-refractivity contribution in [1.29, 1.82) is 5.26 Å². The number of hydrogen-bond acceptors (Lipinski definition) is 23. The van der Waals surface area contributed by atoms with Gasteiger partial charge in [0, 0.05) is 151 Å². The number of allylic oxidation sites excluding steroid dienone is 1. The normalized spacial score (nSPS) is 10.6. The standard InChI is InChI=1S/C30H23ClN4OS2.C29H21ClN4OS2.C25H23ClN2O2S2.C22H18ClNO2S2.C9H6ClNO.V/c1-19-17-33-30(34-23-10-5-4-6-11-23)35-26(19)28-25(21-8-7-9-22(31)16-21)27(32-2)29(38-28)37-18-20-12-14-24(36-3)15-13-20;1-18-16-32-29(33-22-9-4-3-5-10-22)34-25(18)27-24(20-7-6-8-21(30)15-20)26(31-2)28(37-27)36-17-19-11-13-23(35)14-12-19;1-16(14-28(3)4)23(29)24-21(18-7-6-8-19(26)13-18)22(27-2)25(32-24)31-15-17-9-11-20(30-5)12-10-17;1-4-18(25)21-19(15-6-5-7-16(23)12-15)20(24-2)22(28-21)27-13-14-8-10-17(26-3)11-9-14;10-8-3-1-2-7(6-8)9(12)4-5-11;/h4-17H,18H2,1,3H3,(H,33,34,35);3-16,35H,17H2,1H3,(H,32,33,34);6-14H,15H2,1,3-5H3;5-12H,4,13H2,1,3H3;1-3,6H,4H2;/b;;16-14+;;;. The van der Waals surface area contributed by atoms with Gasteiger partial charge in [0.05, 0.1) is 108 Å². The zero-order valence-electron chi connectivity index (χ0n) is 81.0. The van der Waals surface area contributed by atoms with E-state index in [1.165, 1.54) is 22.7 Å². The first kappa shape index (κ1) is 113. The molecule has 148 heavy (non-hydrogen) atoms. The van der Waals surface area contributed by atoms with Gasteiger partial charge in [0.25, 0.3) is 0 Å². The first-order valence-electron chi connectivity index (χ1n) is 45.0. The van der Waals surface area contributed by atoms with Crippen molar-refractivity contribution in [1.82, 2.24) is 24.8 Å². The molecule has 0 unspecified atom stereocenters. The fraction of sp³-hybridized carbons (Fsp3) is 0.130. The number of benzene rings is 11. The number of aromatic hydroxyl groups is 1. The molecule has 17 rings (SSSR count). The van der Waals surface area contributed by atoms with Gasteiger partial charge < -0.3 is 34.9 Å². The number of Topliss-reactive ketones (excluding diaryl/α,β-unsaturated/α-hetero) is 3. The van der Waals surface area contributed by atoms with E-state index in [0.717, 1.165) is 139 Å². The number of thioether (sulfide) groups is 4. The van der Waals surface area contributed by atoms with Crippen molar-refractivity contribution in [3.05, 3.63) is 423 Å². The number of hydrogen-bond donors (Lipinski definition) is 3. The summed E-state index contributed by atoms with van der Waals surface area (Å²) in [5.74, 6) is 6.20. The van der Waals surface area contributed by atoms with Gasteiger partial charge in [-0.3, -0.25) is 14.4 Å². The maximum atomic E-state index is 13.3. The summed E-state index contributed by atoms with van der Waals surface area (Å²) in [6, 6.07) is 88.7. The van der Waals surface area contributed by atoms with E-state index >= 15 is 0 Å². The molecule has 0 saturated heterocycles. The summed E-state index contributed by atoms with van der Waals surface area (Å²) in [5, 5.41) is 27.3. The minimum absolute atomic E-state index is 0. The van der Waals surface area contributed by atoms with Crippen molar-refractivity contribution >= 4 is 214 Å². The van der Waals surface area contributed by atoms with Gasteiger partial charge in [0.1, 0.15) is 23.0 Å². The first-order valence-corrected chi connectivity index (χ1v) is 54.1. The summed E-state index contributed by atoms with van der Waals surface area (Å²) in [6.45, 7) is 39.4. The van der Waals surface area contributed by atoms with Crippen LogP contribution in [0.1, 0.15) is 89.8 Å².